The molecule has 0 aliphatic carbocycles. The number of rotatable bonds is 8. The Hall–Kier alpha value is -0.120. The van der Waals surface area contributed by atoms with Gasteiger partial charge in [-0.15, -0.1) is 0 Å². The zero-order chi connectivity index (χ0) is 14.3. The second-order valence-corrected chi connectivity index (χ2v) is 6.75. The van der Waals surface area contributed by atoms with Gasteiger partial charge in [-0.25, -0.2) is 0 Å². The minimum absolute atomic E-state index is 0.380. The van der Waals surface area contributed by atoms with Crippen LogP contribution in [0.3, 0.4) is 0 Å². The second kappa shape index (κ2) is 8.23. The summed E-state index contributed by atoms with van der Waals surface area (Å²) < 4.78 is 5.27. The molecule has 0 saturated carbocycles. The van der Waals surface area contributed by atoms with E-state index >= 15 is 0 Å². The van der Waals surface area contributed by atoms with E-state index in [0.29, 0.717) is 11.5 Å². The van der Waals surface area contributed by atoms with Crippen molar-refractivity contribution in [2.75, 3.05) is 39.9 Å². The van der Waals surface area contributed by atoms with Crippen molar-refractivity contribution < 1.29 is 4.74 Å². The molecule has 0 aromatic rings. The minimum atomic E-state index is 0.380. The Kier molecular flexibility index (Phi) is 7.33. The Morgan fingerprint density at radius 2 is 2.16 bits per heavy atom. The number of methoxy groups -OCH3 is 1. The normalized spacial score (nSPS) is 22.7. The number of ether oxygens (including phenoxy) is 1. The number of hydrogen-bond donors (Lipinski definition) is 1. The molecule has 0 radical (unpaired) electrons. The highest BCUT2D eigenvalue weighted by Crippen LogP contribution is 2.33. The summed E-state index contributed by atoms with van der Waals surface area (Å²) in [6, 6.07) is 0.644. The molecule has 0 spiro atoms. The van der Waals surface area contributed by atoms with Crippen molar-refractivity contribution in [1.82, 2.24) is 10.2 Å². The van der Waals surface area contributed by atoms with Gasteiger partial charge in [0.05, 0.1) is 6.61 Å². The van der Waals surface area contributed by atoms with E-state index in [2.05, 4.69) is 37.9 Å². The zero-order valence-electron chi connectivity index (χ0n) is 13.7. The summed E-state index contributed by atoms with van der Waals surface area (Å²) in [7, 11) is 1.80. The Labute approximate surface area is 120 Å². The first-order valence-corrected chi connectivity index (χ1v) is 7.95. The molecule has 2 unspecified atom stereocenters. The molecular weight excluding hydrogens is 236 g/mol. The fraction of sp³-hybridized carbons (Fsp3) is 1.00. The van der Waals surface area contributed by atoms with Crippen molar-refractivity contribution in [2.45, 2.75) is 53.0 Å². The first kappa shape index (κ1) is 16.9. The van der Waals surface area contributed by atoms with Crippen LogP contribution in [-0.2, 0) is 4.74 Å². The minimum Gasteiger partial charge on any atom is -0.383 e. The molecule has 0 aromatic heterocycles. The van der Waals surface area contributed by atoms with Gasteiger partial charge in [-0.3, -0.25) is 4.90 Å². The Balaban J connectivity index is 2.58. The molecule has 1 fully saturated rings. The number of hydrogen-bond acceptors (Lipinski definition) is 3. The van der Waals surface area contributed by atoms with Crippen LogP contribution in [0.1, 0.15) is 47.0 Å². The topological polar surface area (TPSA) is 24.5 Å². The Morgan fingerprint density at radius 3 is 2.68 bits per heavy atom. The Morgan fingerprint density at radius 1 is 1.42 bits per heavy atom. The van der Waals surface area contributed by atoms with Crippen molar-refractivity contribution in [3.63, 3.8) is 0 Å². The summed E-state index contributed by atoms with van der Waals surface area (Å²) in [5.74, 6) is 0.801. The van der Waals surface area contributed by atoms with E-state index in [1.807, 2.05) is 0 Å². The molecular formula is C16H34N2O. The van der Waals surface area contributed by atoms with Gasteiger partial charge in [-0.1, -0.05) is 20.8 Å². The van der Waals surface area contributed by atoms with Gasteiger partial charge in [0.25, 0.3) is 0 Å². The molecule has 3 heteroatoms. The maximum absolute atomic E-state index is 5.27. The maximum atomic E-state index is 5.27. The monoisotopic (exact) mass is 270 g/mol. The van der Waals surface area contributed by atoms with E-state index in [-0.39, 0.29) is 0 Å². The Bertz CT molecular complexity index is 237. The lowest BCUT2D eigenvalue weighted by Gasteiger charge is -2.42. The van der Waals surface area contributed by atoms with E-state index < -0.39 is 0 Å². The van der Waals surface area contributed by atoms with Crippen LogP contribution in [0.25, 0.3) is 0 Å². The van der Waals surface area contributed by atoms with Gasteiger partial charge in [0.1, 0.15) is 0 Å². The first-order chi connectivity index (χ1) is 9.01. The molecule has 2 atom stereocenters. The molecule has 114 valence electrons. The number of nitrogens with one attached hydrogen (secondary N) is 1. The smallest absolute Gasteiger partial charge is 0.0589 e. The molecule has 0 bridgehead atoms. The third-order valence-corrected chi connectivity index (χ3v) is 4.81. The van der Waals surface area contributed by atoms with Gasteiger partial charge >= 0.3 is 0 Å². The molecule has 0 aromatic carbocycles. The number of nitrogens with zero attached hydrogens (tertiary/aromatic N) is 1. The summed E-state index contributed by atoms with van der Waals surface area (Å²) in [6.45, 7) is 14.9. The molecule has 1 rings (SSSR count). The summed E-state index contributed by atoms with van der Waals surface area (Å²) >= 11 is 0. The van der Waals surface area contributed by atoms with E-state index in [4.69, 9.17) is 4.74 Å². The van der Waals surface area contributed by atoms with Crippen LogP contribution < -0.4 is 5.32 Å². The summed E-state index contributed by atoms with van der Waals surface area (Å²) in [5.41, 5.74) is 0.380. The predicted octanol–water partition coefficient (Wildman–Crippen LogP) is 2.76. The van der Waals surface area contributed by atoms with E-state index in [1.54, 1.807) is 7.11 Å². The van der Waals surface area contributed by atoms with Crippen LogP contribution in [0.4, 0.5) is 0 Å². The average Bonchev–Trinajstić information content (AvgIpc) is 2.43. The molecule has 3 nitrogen and oxygen atoms in total. The lowest BCUT2D eigenvalue weighted by molar-refractivity contribution is 0.0561. The fourth-order valence-corrected chi connectivity index (χ4v) is 3.09. The van der Waals surface area contributed by atoms with Gasteiger partial charge in [0.15, 0.2) is 0 Å². The average molecular weight is 270 g/mol. The van der Waals surface area contributed by atoms with Gasteiger partial charge in [-0.05, 0) is 50.6 Å². The molecule has 19 heavy (non-hydrogen) atoms. The van der Waals surface area contributed by atoms with Gasteiger partial charge in [-0.2, -0.15) is 0 Å². The van der Waals surface area contributed by atoms with Crippen molar-refractivity contribution in [2.24, 2.45) is 11.3 Å². The standard InChI is InChI=1S/C16H34N2O/c1-6-14(2)18(10-11-19-5)13-16(3,4)15-8-7-9-17-12-15/h14-15,17H,6-13H2,1-5H3. The van der Waals surface area contributed by atoms with E-state index in [1.165, 1.54) is 38.9 Å². The van der Waals surface area contributed by atoms with Crippen molar-refractivity contribution in [3.05, 3.63) is 0 Å². The highest BCUT2D eigenvalue weighted by Gasteiger charge is 2.33. The van der Waals surface area contributed by atoms with Gasteiger partial charge in [0.2, 0.25) is 0 Å². The highest BCUT2D eigenvalue weighted by atomic mass is 16.5. The summed E-state index contributed by atoms with van der Waals surface area (Å²) in [5, 5.41) is 3.56. The highest BCUT2D eigenvalue weighted by molar-refractivity contribution is 4.86. The SMILES string of the molecule is CCC(C)N(CCOC)CC(C)(C)C1CCCNC1. The summed E-state index contributed by atoms with van der Waals surface area (Å²) in [4.78, 5) is 2.61. The predicted molar refractivity (Wildman–Crippen MR) is 82.6 cm³/mol. The second-order valence-electron chi connectivity index (χ2n) is 6.75. The van der Waals surface area contributed by atoms with Crippen LogP contribution >= 0.6 is 0 Å². The van der Waals surface area contributed by atoms with Crippen LogP contribution in [0.2, 0.25) is 0 Å². The molecule has 0 amide bonds. The molecule has 1 heterocycles. The molecule has 1 aliphatic rings. The van der Waals surface area contributed by atoms with E-state index in [0.717, 1.165) is 19.1 Å². The van der Waals surface area contributed by atoms with Crippen LogP contribution in [0.5, 0.6) is 0 Å². The molecule has 1 N–H and O–H groups in total. The van der Waals surface area contributed by atoms with Crippen molar-refractivity contribution >= 4 is 0 Å². The van der Waals surface area contributed by atoms with Gasteiger partial charge < -0.3 is 10.1 Å². The first-order valence-electron chi connectivity index (χ1n) is 7.95. The molecule has 1 aliphatic heterocycles. The lowest BCUT2D eigenvalue weighted by Crippen LogP contribution is -2.47. The zero-order valence-corrected chi connectivity index (χ0v) is 13.7. The number of piperidine rings is 1. The third-order valence-electron chi connectivity index (χ3n) is 4.81. The fourth-order valence-electron chi connectivity index (χ4n) is 3.09. The summed E-state index contributed by atoms with van der Waals surface area (Å²) in [6.07, 6.45) is 3.91. The van der Waals surface area contributed by atoms with Gasteiger partial charge in [0, 0.05) is 26.2 Å². The third kappa shape index (κ3) is 5.41. The van der Waals surface area contributed by atoms with Crippen LogP contribution in [-0.4, -0.2) is 50.8 Å². The maximum Gasteiger partial charge on any atom is 0.0589 e. The van der Waals surface area contributed by atoms with E-state index in [9.17, 15) is 0 Å². The van der Waals surface area contributed by atoms with Crippen molar-refractivity contribution in [1.29, 1.82) is 0 Å². The van der Waals surface area contributed by atoms with Crippen LogP contribution in [0.15, 0.2) is 0 Å². The quantitative estimate of drug-likeness (QED) is 0.734. The van der Waals surface area contributed by atoms with Crippen LogP contribution in [0, 0.1) is 11.3 Å². The largest absolute Gasteiger partial charge is 0.383 e. The van der Waals surface area contributed by atoms with Crippen molar-refractivity contribution in [3.8, 4) is 0 Å². The lowest BCUT2D eigenvalue weighted by atomic mass is 9.74. The molecule has 1 saturated heterocycles.